The SMILES string of the molecule is CC(C)c1nnsc1C(CCc1cccs1)NN. The van der Waals surface area contributed by atoms with E-state index < -0.39 is 0 Å². The second-order valence-corrected chi connectivity index (χ2v) is 6.33. The first kappa shape index (κ1) is 13.6. The summed E-state index contributed by atoms with van der Waals surface area (Å²) in [6.45, 7) is 4.26. The van der Waals surface area contributed by atoms with Gasteiger partial charge in [-0.3, -0.25) is 11.3 Å². The molecule has 0 aliphatic carbocycles. The van der Waals surface area contributed by atoms with Crippen LogP contribution in [0.3, 0.4) is 0 Å². The van der Waals surface area contributed by atoms with Crippen molar-refractivity contribution in [3.63, 3.8) is 0 Å². The molecule has 6 heteroatoms. The lowest BCUT2D eigenvalue weighted by Crippen LogP contribution is -2.28. The third-order valence-corrected chi connectivity index (χ3v) is 4.65. The highest BCUT2D eigenvalue weighted by Gasteiger charge is 2.20. The van der Waals surface area contributed by atoms with Crippen molar-refractivity contribution < 1.29 is 0 Å². The molecular weight excluding hydrogens is 264 g/mol. The Morgan fingerprint density at radius 1 is 1.44 bits per heavy atom. The number of aryl methyl sites for hydroxylation is 1. The van der Waals surface area contributed by atoms with Crippen LogP contribution in [0.25, 0.3) is 0 Å². The van der Waals surface area contributed by atoms with E-state index in [0.717, 1.165) is 18.5 Å². The third-order valence-electron chi connectivity index (χ3n) is 2.86. The fourth-order valence-electron chi connectivity index (χ4n) is 1.88. The van der Waals surface area contributed by atoms with E-state index in [0.29, 0.717) is 5.92 Å². The summed E-state index contributed by atoms with van der Waals surface area (Å²) in [6, 6.07) is 4.38. The highest BCUT2D eigenvalue weighted by Crippen LogP contribution is 2.29. The van der Waals surface area contributed by atoms with E-state index in [-0.39, 0.29) is 6.04 Å². The van der Waals surface area contributed by atoms with Crippen molar-refractivity contribution in [2.24, 2.45) is 5.84 Å². The fourth-order valence-corrected chi connectivity index (χ4v) is 3.50. The molecule has 1 atom stereocenters. The van der Waals surface area contributed by atoms with Crippen molar-refractivity contribution in [3.8, 4) is 0 Å². The van der Waals surface area contributed by atoms with E-state index in [9.17, 15) is 0 Å². The summed E-state index contributed by atoms with van der Waals surface area (Å²) in [7, 11) is 0. The summed E-state index contributed by atoms with van der Waals surface area (Å²) in [5, 5.41) is 6.31. The Kier molecular flexibility index (Phi) is 4.82. The first-order valence-electron chi connectivity index (χ1n) is 6.03. The standard InChI is InChI=1S/C12H18N4S2/c1-8(2)11-12(18-16-15-11)10(14-13)6-5-9-4-3-7-17-9/h3-4,7-8,10,14H,5-6,13H2,1-2H3. The molecule has 98 valence electrons. The Balaban J connectivity index is 2.06. The van der Waals surface area contributed by atoms with Crippen LogP contribution in [0.1, 0.15) is 47.7 Å². The molecular formula is C12H18N4S2. The highest BCUT2D eigenvalue weighted by atomic mass is 32.1. The van der Waals surface area contributed by atoms with E-state index in [1.54, 1.807) is 11.3 Å². The summed E-state index contributed by atoms with van der Waals surface area (Å²) in [6.07, 6.45) is 2.00. The molecule has 0 saturated carbocycles. The number of thiophene rings is 1. The van der Waals surface area contributed by atoms with Gasteiger partial charge in [-0.2, -0.15) is 0 Å². The Bertz CT molecular complexity index is 464. The quantitative estimate of drug-likeness (QED) is 0.631. The number of hydrazine groups is 1. The third kappa shape index (κ3) is 3.14. The van der Waals surface area contributed by atoms with Gasteiger partial charge in [0, 0.05) is 4.88 Å². The normalized spacial score (nSPS) is 13.1. The summed E-state index contributed by atoms with van der Waals surface area (Å²) in [4.78, 5) is 2.56. The second-order valence-electron chi connectivity index (χ2n) is 4.51. The van der Waals surface area contributed by atoms with Crippen LogP contribution in [0.5, 0.6) is 0 Å². The highest BCUT2D eigenvalue weighted by molar-refractivity contribution is 7.09. The van der Waals surface area contributed by atoms with Gasteiger partial charge >= 0.3 is 0 Å². The molecule has 0 fully saturated rings. The van der Waals surface area contributed by atoms with Crippen LogP contribution in [0, 0.1) is 0 Å². The number of nitrogens with zero attached hydrogens (tertiary/aromatic N) is 2. The van der Waals surface area contributed by atoms with Crippen molar-refractivity contribution in [1.29, 1.82) is 0 Å². The molecule has 2 heterocycles. The number of hydrogen-bond donors (Lipinski definition) is 2. The molecule has 2 aromatic rings. The molecule has 3 N–H and O–H groups in total. The molecule has 1 unspecified atom stereocenters. The summed E-state index contributed by atoms with van der Waals surface area (Å²) < 4.78 is 4.06. The minimum absolute atomic E-state index is 0.143. The molecule has 0 aromatic carbocycles. The maximum atomic E-state index is 5.68. The van der Waals surface area contributed by atoms with Gasteiger partial charge in [0.2, 0.25) is 0 Å². The van der Waals surface area contributed by atoms with Gasteiger partial charge in [0.1, 0.15) is 0 Å². The molecule has 0 spiro atoms. The fraction of sp³-hybridized carbons (Fsp3) is 0.500. The Morgan fingerprint density at radius 3 is 2.89 bits per heavy atom. The zero-order valence-electron chi connectivity index (χ0n) is 10.6. The van der Waals surface area contributed by atoms with Crippen molar-refractivity contribution in [2.75, 3.05) is 0 Å². The van der Waals surface area contributed by atoms with Gasteiger partial charge in [-0.15, -0.1) is 16.4 Å². The van der Waals surface area contributed by atoms with E-state index >= 15 is 0 Å². The maximum absolute atomic E-state index is 5.68. The molecule has 0 bridgehead atoms. The predicted octanol–water partition coefficient (Wildman–Crippen LogP) is 2.86. The lowest BCUT2D eigenvalue weighted by atomic mass is 10.0. The number of aromatic nitrogens is 2. The molecule has 0 saturated heterocycles. The lowest BCUT2D eigenvalue weighted by molar-refractivity contribution is 0.518. The van der Waals surface area contributed by atoms with Crippen LogP contribution < -0.4 is 11.3 Å². The second kappa shape index (κ2) is 6.38. The molecule has 0 amide bonds. The topological polar surface area (TPSA) is 63.8 Å². The zero-order valence-corrected chi connectivity index (χ0v) is 12.2. The number of nitrogens with one attached hydrogen (secondary N) is 1. The molecule has 0 aliphatic heterocycles. The zero-order chi connectivity index (χ0) is 13.0. The van der Waals surface area contributed by atoms with Gasteiger partial charge in [0.05, 0.1) is 16.6 Å². The van der Waals surface area contributed by atoms with Crippen molar-refractivity contribution in [3.05, 3.63) is 33.0 Å². The van der Waals surface area contributed by atoms with Gasteiger partial charge in [0.15, 0.2) is 0 Å². The van der Waals surface area contributed by atoms with Gasteiger partial charge < -0.3 is 0 Å². The predicted molar refractivity (Wildman–Crippen MR) is 76.7 cm³/mol. The van der Waals surface area contributed by atoms with Gasteiger partial charge in [-0.1, -0.05) is 24.4 Å². The van der Waals surface area contributed by atoms with Crippen LogP contribution in [0.15, 0.2) is 17.5 Å². The Labute approximate surface area is 115 Å². The van der Waals surface area contributed by atoms with Crippen LogP contribution in [0.2, 0.25) is 0 Å². The first-order chi connectivity index (χ1) is 8.72. The van der Waals surface area contributed by atoms with Gasteiger partial charge in [-0.25, -0.2) is 0 Å². The average Bonchev–Trinajstić information content (AvgIpc) is 2.99. The molecule has 0 aliphatic rings. The summed E-state index contributed by atoms with van der Waals surface area (Å²) in [5.74, 6) is 6.06. The van der Waals surface area contributed by atoms with E-state index in [1.165, 1.54) is 21.3 Å². The largest absolute Gasteiger partial charge is 0.271 e. The van der Waals surface area contributed by atoms with Crippen molar-refractivity contribution in [2.45, 2.75) is 38.6 Å². The number of hydrogen-bond acceptors (Lipinski definition) is 6. The number of rotatable bonds is 6. The van der Waals surface area contributed by atoms with E-state index in [1.807, 2.05) is 0 Å². The minimum Gasteiger partial charge on any atom is -0.271 e. The van der Waals surface area contributed by atoms with Gasteiger partial charge in [-0.05, 0) is 41.7 Å². The molecule has 18 heavy (non-hydrogen) atoms. The Hall–Kier alpha value is -0.820. The number of nitrogens with two attached hydrogens (primary N) is 1. The van der Waals surface area contributed by atoms with Crippen molar-refractivity contribution in [1.82, 2.24) is 15.0 Å². The van der Waals surface area contributed by atoms with E-state index in [2.05, 4.69) is 46.4 Å². The smallest absolute Gasteiger partial charge is 0.0829 e. The van der Waals surface area contributed by atoms with Gasteiger partial charge in [0.25, 0.3) is 0 Å². The molecule has 2 rings (SSSR count). The van der Waals surface area contributed by atoms with Crippen LogP contribution in [-0.2, 0) is 6.42 Å². The lowest BCUT2D eigenvalue weighted by Gasteiger charge is -2.15. The Morgan fingerprint density at radius 2 is 2.28 bits per heavy atom. The summed E-state index contributed by atoms with van der Waals surface area (Å²) >= 11 is 3.23. The summed E-state index contributed by atoms with van der Waals surface area (Å²) in [5.41, 5.74) is 3.96. The van der Waals surface area contributed by atoms with E-state index in [4.69, 9.17) is 5.84 Å². The molecule has 0 radical (unpaired) electrons. The van der Waals surface area contributed by atoms with Crippen LogP contribution in [0.4, 0.5) is 0 Å². The average molecular weight is 282 g/mol. The molecule has 2 aromatic heterocycles. The molecule has 4 nitrogen and oxygen atoms in total. The minimum atomic E-state index is 0.143. The van der Waals surface area contributed by atoms with Crippen molar-refractivity contribution >= 4 is 22.9 Å². The van der Waals surface area contributed by atoms with Crippen LogP contribution >= 0.6 is 22.9 Å². The monoisotopic (exact) mass is 282 g/mol. The first-order valence-corrected chi connectivity index (χ1v) is 7.68. The van der Waals surface area contributed by atoms with Crippen LogP contribution in [-0.4, -0.2) is 9.59 Å². The maximum Gasteiger partial charge on any atom is 0.0829 e.